The van der Waals surface area contributed by atoms with Crippen LogP contribution in [0, 0.1) is 5.82 Å². The highest BCUT2D eigenvalue weighted by Gasteiger charge is 2.30. The number of hydrogen-bond acceptors (Lipinski definition) is 2. The zero-order chi connectivity index (χ0) is 15.5. The lowest BCUT2D eigenvalue weighted by Crippen LogP contribution is -2.07. The fraction of sp³-hybridized carbons (Fsp3) is 0.200. The molecule has 0 spiro atoms. The van der Waals surface area contributed by atoms with Gasteiger partial charge in [-0.05, 0) is 41.5 Å². The second-order valence-corrected chi connectivity index (χ2v) is 4.43. The maximum atomic E-state index is 13.2. The smallest absolute Gasteiger partial charge is 0.416 e. The molecule has 0 unspecified atom stereocenters. The minimum atomic E-state index is -4.43. The quantitative estimate of drug-likeness (QED) is 0.870. The molecule has 2 N–H and O–H groups in total. The SMILES string of the molecule is NCc1ccc(F)cc1COc1cccc(C(F)(F)F)c1. The average molecular weight is 299 g/mol. The molecule has 0 aliphatic rings. The number of halogens is 4. The van der Waals surface area contributed by atoms with Crippen molar-refractivity contribution in [3.8, 4) is 5.75 Å². The number of benzene rings is 2. The van der Waals surface area contributed by atoms with Crippen molar-refractivity contribution in [2.45, 2.75) is 19.3 Å². The van der Waals surface area contributed by atoms with Crippen LogP contribution < -0.4 is 10.5 Å². The molecule has 0 fully saturated rings. The van der Waals surface area contributed by atoms with Gasteiger partial charge in [0.15, 0.2) is 0 Å². The minimum absolute atomic E-state index is 0.0500. The van der Waals surface area contributed by atoms with E-state index in [9.17, 15) is 17.6 Å². The highest BCUT2D eigenvalue weighted by molar-refractivity contribution is 5.32. The normalized spacial score (nSPS) is 11.5. The molecule has 0 aliphatic carbocycles. The molecular weight excluding hydrogens is 286 g/mol. The number of hydrogen-bond donors (Lipinski definition) is 1. The first-order valence-corrected chi connectivity index (χ1v) is 6.17. The van der Waals surface area contributed by atoms with Gasteiger partial charge in [0.25, 0.3) is 0 Å². The van der Waals surface area contributed by atoms with Crippen LogP contribution in [0.25, 0.3) is 0 Å². The maximum absolute atomic E-state index is 13.2. The van der Waals surface area contributed by atoms with Gasteiger partial charge in [0.05, 0.1) is 5.56 Å². The van der Waals surface area contributed by atoms with Crippen LogP contribution in [0.2, 0.25) is 0 Å². The molecule has 2 aromatic rings. The number of alkyl halides is 3. The molecule has 0 atom stereocenters. The van der Waals surface area contributed by atoms with Crippen molar-refractivity contribution < 1.29 is 22.3 Å². The molecule has 2 rings (SSSR count). The Kier molecular flexibility index (Phi) is 4.47. The van der Waals surface area contributed by atoms with Gasteiger partial charge in [-0.1, -0.05) is 12.1 Å². The van der Waals surface area contributed by atoms with Gasteiger partial charge in [-0.2, -0.15) is 13.2 Å². The van der Waals surface area contributed by atoms with Crippen molar-refractivity contribution in [1.29, 1.82) is 0 Å². The van der Waals surface area contributed by atoms with Crippen LogP contribution >= 0.6 is 0 Å². The van der Waals surface area contributed by atoms with Crippen LogP contribution in [-0.4, -0.2) is 0 Å². The Balaban J connectivity index is 2.15. The van der Waals surface area contributed by atoms with E-state index in [1.54, 1.807) is 0 Å². The largest absolute Gasteiger partial charge is 0.489 e. The predicted octanol–water partition coefficient (Wildman–Crippen LogP) is 3.88. The summed E-state index contributed by atoms with van der Waals surface area (Å²) in [6, 6.07) is 8.60. The van der Waals surface area contributed by atoms with E-state index in [1.165, 1.54) is 30.3 Å². The molecule has 0 aromatic heterocycles. The third-order valence-electron chi connectivity index (χ3n) is 2.94. The monoisotopic (exact) mass is 299 g/mol. The molecule has 6 heteroatoms. The number of ether oxygens (including phenoxy) is 1. The van der Waals surface area contributed by atoms with Gasteiger partial charge in [-0.15, -0.1) is 0 Å². The lowest BCUT2D eigenvalue weighted by molar-refractivity contribution is -0.137. The fourth-order valence-electron chi connectivity index (χ4n) is 1.85. The molecule has 112 valence electrons. The van der Waals surface area contributed by atoms with Crippen molar-refractivity contribution in [2.75, 3.05) is 0 Å². The summed E-state index contributed by atoms with van der Waals surface area (Å²) in [6.07, 6.45) is -4.43. The van der Waals surface area contributed by atoms with Crippen LogP contribution in [0.1, 0.15) is 16.7 Å². The zero-order valence-electron chi connectivity index (χ0n) is 11.0. The summed E-state index contributed by atoms with van der Waals surface area (Å²) >= 11 is 0. The van der Waals surface area contributed by atoms with Crippen molar-refractivity contribution in [3.63, 3.8) is 0 Å². The molecule has 0 heterocycles. The summed E-state index contributed by atoms with van der Waals surface area (Å²) in [5.74, 6) is -0.383. The Labute approximate surface area is 119 Å². The van der Waals surface area contributed by atoms with Gasteiger partial charge < -0.3 is 10.5 Å². The Morgan fingerprint density at radius 3 is 2.43 bits per heavy atom. The fourth-order valence-corrected chi connectivity index (χ4v) is 1.85. The van der Waals surface area contributed by atoms with Gasteiger partial charge >= 0.3 is 6.18 Å². The van der Waals surface area contributed by atoms with Crippen LogP contribution in [0.5, 0.6) is 5.75 Å². The van der Waals surface area contributed by atoms with Gasteiger partial charge in [-0.25, -0.2) is 4.39 Å². The summed E-state index contributed by atoms with van der Waals surface area (Å²) < 4.78 is 56.2. The van der Waals surface area contributed by atoms with E-state index in [4.69, 9.17) is 10.5 Å². The Hall–Kier alpha value is -2.08. The molecule has 0 saturated heterocycles. The molecule has 0 radical (unpaired) electrons. The van der Waals surface area contributed by atoms with Crippen molar-refractivity contribution in [3.05, 3.63) is 65.0 Å². The van der Waals surface area contributed by atoms with Gasteiger partial charge in [0, 0.05) is 6.54 Å². The summed E-state index contributed by atoms with van der Waals surface area (Å²) in [4.78, 5) is 0. The van der Waals surface area contributed by atoms with Crippen molar-refractivity contribution in [1.82, 2.24) is 0 Å². The molecule has 2 aromatic carbocycles. The molecular formula is C15H13F4NO. The molecule has 0 amide bonds. The zero-order valence-corrected chi connectivity index (χ0v) is 11.0. The van der Waals surface area contributed by atoms with E-state index in [-0.39, 0.29) is 18.9 Å². The van der Waals surface area contributed by atoms with Crippen LogP contribution in [0.3, 0.4) is 0 Å². The molecule has 2 nitrogen and oxygen atoms in total. The standard InChI is InChI=1S/C15H13F4NO/c16-13-5-4-10(8-20)11(6-13)9-21-14-3-1-2-12(7-14)15(17,18)19/h1-7H,8-9,20H2. The molecule has 0 saturated carbocycles. The Morgan fingerprint density at radius 1 is 1.00 bits per heavy atom. The third-order valence-corrected chi connectivity index (χ3v) is 2.94. The van der Waals surface area contributed by atoms with Crippen LogP contribution in [0.15, 0.2) is 42.5 Å². The second-order valence-electron chi connectivity index (χ2n) is 4.43. The van der Waals surface area contributed by atoms with Gasteiger partial charge in [0.1, 0.15) is 18.2 Å². The van der Waals surface area contributed by atoms with Crippen LogP contribution in [0.4, 0.5) is 17.6 Å². The average Bonchev–Trinajstić information content (AvgIpc) is 2.45. The van der Waals surface area contributed by atoms with E-state index in [2.05, 4.69) is 0 Å². The Bertz CT molecular complexity index is 625. The van der Waals surface area contributed by atoms with Crippen LogP contribution in [-0.2, 0) is 19.3 Å². The number of nitrogens with two attached hydrogens (primary N) is 1. The first kappa shape index (κ1) is 15.3. The maximum Gasteiger partial charge on any atom is 0.416 e. The molecule has 0 bridgehead atoms. The van der Waals surface area contributed by atoms with E-state index >= 15 is 0 Å². The van der Waals surface area contributed by atoms with E-state index in [0.29, 0.717) is 11.1 Å². The highest BCUT2D eigenvalue weighted by atomic mass is 19.4. The number of rotatable bonds is 4. The summed E-state index contributed by atoms with van der Waals surface area (Å²) in [7, 11) is 0. The summed E-state index contributed by atoms with van der Waals surface area (Å²) in [5.41, 5.74) is 5.92. The third kappa shape index (κ3) is 3.95. The van der Waals surface area contributed by atoms with E-state index < -0.39 is 17.6 Å². The minimum Gasteiger partial charge on any atom is -0.489 e. The molecule has 21 heavy (non-hydrogen) atoms. The second kappa shape index (κ2) is 6.13. The lowest BCUT2D eigenvalue weighted by Gasteiger charge is -2.12. The first-order chi connectivity index (χ1) is 9.90. The summed E-state index contributed by atoms with van der Waals surface area (Å²) in [5, 5.41) is 0. The molecule has 0 aliphatic heterocycles. The first-order valence-electron chi connectivity index (χ1n) is 6.17. The Morgan fingerprint density at radius 2 is 1.76 bits per heavy atom. The van der Waals surface area contributed by atoms with Gasteiger partial charge in [-0.3, -0.25) is 0 Å². The topological polar surface area (TPSA) is 35.2 Å². The van der Waals surface area contributed by atoms with Crippen molar-refractivity contribution in [2.24, 2.45) is 5.73 Å². The highest BCUT2D eigenvalue weighted by Crippen LogP contribution is 2.31. The van der Waals surface area contributed by atoms with E-state index in [1.807, 2.05) is 0 Å². The lowest BCUT2D eigenvalue weighted by atomic mass is 10.1. The summed E-state index contributed by atoms with van der Waals surface area (Å²) in [6.45, 7) is 0.146. The van der Waals surface area contributed by atoms with Gasteiger partial charge in [0.2, 0.25) is 0 Å². The predicted molar refractivity (Wildman–Crippen MR) is 70.1 cm³/mol. The van der Waals surface area contributed by atoms with E-state index in [0.717, 1.165) is 12.1 Å². The van der Waals surface area contributed by atoms with Crippen molar-refractivity contribution >= 4 is 0 Å².